The van der Waals surface area contributed by atoms with Crippen molar-refractivity contribution in [1.82, 2.24) is 9.13 Å². The highest BCUT2D eigenvalue weighted by molar-refractivity contribution is 7.16. The van der Waals surface area contributed by atoms with Crippen LogP contribution in [0.1, 0.15) is 99.0 Å². The second kappa shape index (κ2) is 20.2. The van der Waals surface area contributed by atoms with Gasteiger partial charge in [-0.05, 0) is 215 Å². The molecule has 5 aliphatic carbocycles. The van der Waals surface area contributed by atoms with E-state index in [0.29, 0.717) is 11.8 Å². The fourth-order valence-electron chi connectivity index (χ4n) is 17.9. The summed E-state index contributed by atoms with van der Waals surface area (Å²) in [5, 5.41) is 5.10. The molecule has 1 spiro atoms. The Morgan fingerprint density at radius 3 is 1.44 bits per heavy atom. The minimum absolute atomic E-state index is 0.0442. The molecule has 4 heterocycles. The van der Waals surface area contributed by atoms with E-state index in [4.69, 9.17) is 0 Å². The first-order chi connectivity index (χ1) is 46.6. The molecule has 0 saturated heterocycles. The molecule has 2 atom stereocenters. The lowest BCUT2D eigenvalue weighted by molar-refractivity contribution is 0.394. The lowest BCUT2D eigenvalue weighted by Crippen LogP contribution is -2.26. The molecule has 0 N–H and O–H groups in total. The topological polar surface area (TPSA) is 9.86 Å². The fraction of sp³-hybridized carbons (Fsp3) is 0.0989. The van der Waals surface area contributed by atoms with E-state index in [1.54, 1.807) is 0 Å². The lowest BCUT2D eigenvalue weighted by Gasteiger charge is -2.31. The van der Waals surface area contributed by atoms with Gasteiger partial charge in [-0.2, -0.15) is 0 Å². The van der Waals surface area contributed by atoms with E-state index >= 15 is 0 Å². The number of hydrogen-bond donors (Lipinski definition) is 0. The Kier molecular flexibility index (Phi) is 11.7. The van der Waals surface area contributed by atoms with Gasteiger partial charge >= 0.3 is 0 Å². The third-order valence-corrected chi connectivity index (χ3v) is 24.5. The largest absolute Gasteiger partial charge is 0.310 e. The highest BCUT2D eigenvalue weighted by atomic mass is 32.1. The number of para-hydroxylation sites is 2. The number of rotatable bonds is 8. The summed E-state index contributed by atoms with van der Waals surface area (Å²) in [6.45, 7) is 9.58. The maximum absolute atomic E-state index is 2.56. The molecule has 15 aromatic rings. The van der Waals surface area contributed by atoms with Gasteiger partial charge < -0.3 is 9.13 Å². The Balaban J connectivity index is 0.606. The molecule has 11 aromatic carbocycles. The SMILES string of the molecule is CC1(C)c2ccccc2-c2ccc(-n3c4ccccc4c4cc(-c5ccc(/C=C/c6ccc7c(c6)C6(c8ccccc8-c8ccccc86)c6cc(/C=C/c8ccc(-c9ccc%10c(c9)c9ccccc9n%10C9=CC%10C(C=C9)c9ccccc9C%10(C)C)s8)ccc6-7)s5)ccc43)cc21. The fourth-order valence-corrected chi connectivity index (χ4v) is 19.7. The maximum Gasteiger partial charge on any atom is 0.0725 e. The van der Waals surface area contributed by atoms with Crippen LogP contribution in [0.3, 0.4) is 0 Å². The number of aromatic nitrogens is 2. The minimum Gasteiger partial charge on any atom is -0.310 e. The van der Waals surface area contributed by atoms with Gasteiger partial charge in [-0.15, -0.1) is 22.7 Å². The number of thiophene rings is 2. The van der Waals surface area contributed by atoms with E-state index < -0.39 is 5.41 Å². The number of hydrogen-bond acceptors (Lipinski definition) is 2. The highest BCUT2D eigenvalue weighted by Gasteiger charge is 2.52. The van der Waals surface area contributed by atoms with Crippen molar-refractivity contribution in [2.75, 3.05) is 0 Å². The normalized spacial score (nSPS) is 17.0. The standard InChI is InChI=1S/C91H64N2S2/c1-89(2)75-23-11-5-17-63(75)67-43-35-59(53-79(67)89)92-83-27-15-9-21-71(83)73-51-57(33-45-85(73)92)87-47-39-61(94-87)37-29-55-31-41-69-70-42-32-56(50-82(70)91(81(69)49-55)77-25-13-7-19-65(77)66-20-8-14-26-78(66)91)30-38-62-40-48-88(95-62)58-34-46-86-74(52-58)72-22-10-16-28-84(72)93(86)60-36-44-68-64-18-6-12-24-76(64)90(3,4)80(68)54-60/h5-54,67,79H,1-4H3/b37-29+,38-30+. The summed E-state index contributed by atoms with van der Waals surface area (Å²) in [6, 6.07) is 98.9. The average Bonchev–Trinajstić information content (AvgIpc) is 1.52. The molecule has 0 radical (unpaired) electrons. The van der Waals surface area contributed by atoms with Crippen LogP contribution in [-0.2, 0) is 16.2 Å². The number of allylic oxidation sites excluding steroid dienone is 4. The van der Waals surface area contributed by atoms with Crippen LogP contribution in [0.2, 0.25) is 0 Å². The van der Waals surface area contributed by atoms with E-state index in [0.717, 1.165) is 0 Å². The van der Waals surface area contributed by atoms with Gasteiger partial charge in [0.2, 0.25) is 0 Å². The Hall–Kier alpha value is -10.6. The molecule has 2 unspecified atom stereocenters. The molecule has 0 saturated carbocycles. The van der Waals surface area contributed by atoms with E-state index in [9.17, 15) is 0 Å². The molecular weight excluding hydrogens is 1190 g/mol. The molecule has 4 aromatic heterocycles. The summed E-state index contributed by atoms with van der Waals surface area (Å²) in [7, 11) is 0. The molecule has 0 bridgehead atoms. The predicted molar refractivity (Wildman–Crippen MR) is 404 cm³/mol. The van der Waals surface area contributed by atoms with Crippen LogP contribution in [0.4, 0.5) is 0 Å². The van der Waals surface area contributed by atoms with Crippen LogP contribution in [0.5, 0.6) is 0 Å². The molecule has 0 aliphatic heterocycles. The summed E-state index contributed by atoms with van der Waals surface area (Å²) in [4.78, 5) is 4.98. The molecular formula is C91H64N2S2. The Labute approximate surface area is 561 Å². The Morgan fingerprint density at radius 2 is 0.832 bits per heavy atom. The van der Waals surface area contributed by atoms with Crippen molar-refractivity contribution in [3.05, 3.63) is 344 Å². The van der Waals surface area contributed by atoms with Crippen LogP contribution >= 0.6 is 22.7 Å². The van der Waals surface area contributed by atoms with Gasteiger partial charge in [0.15, 0.2) is 0 Å². The molecule has 2 nitrogen and oxygen atoms in total. The van der Waals surface area contributed by atoms with Gasteiger partial charge in [-0.1, -0.05) is 228 Å². The summed E-state index contributed by atoms with van der Waals surface area (Å²) < 4.78 is 4.96. The molecule has 4 heteroatoms. The van der Waals surface area contributed by atoms with Crippen molar-refractivity contribution in [1.29, 1.82) is 0 Å². The number of fused-ring (bicyclic) bond motifs is 22. The molecule has 0 fully saturated rings. The van der Waals surface area contributed by atoms with Crippen LogP contribution in [0.15, 0.2) is 279 Å². The second-order valence-corrected chi connectivity index (χ2v) is 30.1. The van der Waals surface area contributed by atoms with Crippen LogP contribution in [0.25, 0.3) is 134 Å². The van der Waals surface area contributed by atoms with Gasteiger partial charge in [0.05, 0.1) is 27.5 Å². The Bertz CT molecular complexity index is 5910. The van der Waals surface area contributed by atoms with Gasteiger partial charge in [0, 0.05) is 63.8 Å². The summed E-state index contributed by atoms with van der Waals surface area (Å²) in [5.74, 6) is 0.787. The molecule has 450 valence electrons. The van der Waals surface area contributed by atoms with Gasteiger partial charge in [-0.25, -0.2) is 0 Å². The van der Waals surface area contributed by atoms with Crippen LogP contribution in [0, 0.1) is 5.92 Å². The van der Waals surface area contributed by atoms with Crippen LogP contribution in [-0.4, -0.2) is 9.13 Å². The maximum atomic E-state index is 2.56. The summed E-state index contributed by atoms with van der Waals surface area (Å²) >= 11 is 3.71. The first-order valence-corrected chi connectivity index (χ1v) is 35.1. The van der Waals surface area contributed by atoms with Crippen molar-refractivity contribution in [3.8, 4) is 59.9 Å². The molecule has 95 heavy (non-hydrogen) atoms. The zero-order valence-electron chi connectivity index (χ0n) is 53.2. The van der Waals surface area contributed by atoms with E-state index in [1.807, 2.05) is 22.7 Å². The first-order valence-electron chi connectivity index (χ1n) is 33.4. The van der Waals surface area contributed by atoms with Crippen molar-refractivity contribution < 1.29 is 0 Å². The Morgan fingerprint density at radius 1 is 0.358 bits per heavy atom. The van der Waals surface area contributed by atoms with E-state index in [1.165, 1.54) is 175 Å². The van der Waals surface area contributed by atoms with Crippen molar-refractivity contribution in [2.24, 2.45) is 5.92 Å². The third-order valence-electron chi connectivity index (χ3n) is 22.3. The van der Waals surface area contributed by atoms with Crippen molar-refractivity contribution in [3.63, 3.8) is 0 Å². The number of nitrogens with zero attached hydrogens (tertiary/aromatic N) is 2. The number of benzene rings is 11. The van der Waals surface area contributed by atoms with E-state index in [2.05, 4.69) is 340 Å². The summed E-state index contributed by atoms with van der Waals surface area (Å²) in [5.41, 5.74) is 30.8. The smallest absolute Gasteiger partial charge is 0.0725 e. The highest BCUT2D eigenvalue weighted by Crippen LogP contribution is 2.63. The van der Waals surface area contributed by atoms with Crippen molar-refractivity contribution in [2.45, 2.75) is 49.9 Å². The third kappa shape index (κ3) is 7.84. The quantitative estimate of drug-likeness (QED) is 0.143. The molecule has 20 rings (SSSR count). The van der Waals surface area contributed by atoms with Gasteiger partial charge in [-0.3, -0.25) is 0 Å². The van der Waals surface area contributed by atoms with Crippen molar-refractivity contribution >= 4 is 96.3 Å². The second-order valence-electron chi connectivity index (χ2n) is 27.9. The predicted octanol–water partition coefficient (Wildman–Crippen LogP) is 24.4. The van der Waals surface area contributed by atoms with Gasteiger partial charge in [0.25, 0.3) is 0 Å². The zero-order valence-corrected chi connectivity index (χ0v) is 54.9. The molecule has 5 aliphatic rings. The summed E-state index contributed by atoms with van der Waals surface area (Å²) in [6.07, 6.45) is 16.7. The van der Waals surface area contributed by atoms with Crippen LogP contribution < -0.4 is 0 Å². The zero-order chi connectivity index (χ0) is 63.1. The average molecular weight is 1250 g/mol. The first kappa shape index (κ1) is 54.9. The lowest BCUT2D eigenvalue weighted by atomic mass is 9.70. The molecule has 0 amide bonds. The monoisotopic (exact) mass is 1250 g/mol. The minimum atomic E-state index is -0.477. The van der Waals surface area contributed by atoms with E-state index in [-0.39, 0.29) is 10.8 Å². The van der Waals surface area contributed by atoms with Gasteiger partial charge in [0.1, 0.15) is 0 Å².